The van der Waals surface area contributed by atoms with E-state index in [1.165, 1.54) is 19.3 Å². The van der Waals surface area contributed by atoms with Gasteiger partial charge in [-0.25, -0.2) is 0 Å². The van der Waals surface area contributed by atoms with Gasteiger partial charge in [0, 0.05) is 27.2 Å². The van der Waals surface area contributed by atoms with Gasteiger partial charge in [-0.1, -0.05) is 0 Å². The average Bonchev–Trinajstić information content (AvgIpc) is 2.93. The first-order valence-corrected chi connectivity index (χ1v) is 7.49. The molecule has 0 bridgehead atoms. The van der Waals surface area contributed by atoms with Gasteiger partial charge < -0.3 is 20.3 Å². The lowest BCUT2D eigenvalue weighted by molar-refractivity contribution is -0.140. The fraction of sp³-hybridized carbons (Fsp3) is 0.857. The van der Waals surface area contributed by atoms with E-state index in [1.54, 1.807) is 19.0 Å². The molecular formula is C14H27IN4O2. The minimum Gasteiger partial charge on any atom is -0.370 e. The number of carbonyl (C=O) groups is 1. The van der Waals surface area contributed by atoms with Crippen LogP contribution in [0.2, 0.25) is 0 Å². The summed E-state index contributed by atoms with van der Waals surface area (Å²) in [4.78, 5) is 20.0. The summed E-state index contributed by atoms with van der Waals surface area (Å²) in [5.41, 5.74) is 6.01. The van der Waals surface area contributed by atoms with E-state index in [4.69, 9.17) is 10.5 Å². The molecule has 2 aliphatic heterocycles. The van der Waals surface area contributed by atoms with E-state index in [-0.39, 0.29) is 42.1 Å². The molecule has 0 saturated carbocycles. The van der Waals surface area contributed by atoms with Crippen LogP contribution in [-0.2, 0) is 9.53 Å². The van der Waals surface area contributed by atoms with Crippen LogP contribution in [0.4, 0.5) is 0 Å². The van der Waals surface area contributed by atoms with Crippen molar-refractivity contribution in [2.24, 2.45) is 10.7 Å². The Morgan fingerprint density at radius 2 is 1.95 bits per heavy atom. The number of nitrogens with zero attached hydrogens (tertiary/aromatic N) is 3. The second-order valence-electron chi connectivity index (χ2n) is 5.80. The number of amides is 1. The molecule has 6 nitrogen and oxygen atoms in total. The van der Waals surface area contributed by atoms with Gasteiger partial charge in [-0.3, -0.25) is 9.79 Å². The number of nitrogens with two attached hydrogens (primary N) is 1. The van der Waals surface area contributed by atoms with Gasteiger partial charge in [-0.05, 0) is 32.1 Å². The van der Waals surface area contributed by atoms with Crippen LogP contribution in [-0.4, -0.2) is 67.6 Å². The molecule has 122 valence electrons. The lowest BCUT2D eigenvalue weighted by Gasteiger charge is -2.27. The number of halogens is 1. The maximum atomic E-state index is 11.8. The summed E-state index contributed by atoms with van der Waals surface area (Å²) >= 11 is 0. The molecule has 2 fully saturated rings. The minimum atomic E-state index is -0.304. The fourth-order valence-electron chi connectivity index (χ4n) is 2.73. The predicted molar refractivity (Wildman–Crippen MR) is 93.9 cm³/mol. The zero-order valence-corrected chi connectivity index (χ0v) is 15.3. The van der Waals surface area contributed by atoms with Crippen molar-refractivity contribution in [3.8, 4) is 0 Å². The highest BCUT2D eigenvalue weighted by Gasteiger charge is 2.31. The predicted octanol–water partition coefficient (Wildman–Crippen LogP) is 1.04. The number of ether oxygens (including phenoxy) is 1. The molecule has 21 heavy (non-hydrogen) atoms. The number of rotatable bonds is 3. The summed E-state index contributed by atoms with van der Waals surface area (Å²) in [7, 11) is 3.51. The highest BCUT2D eigenvalue weighted by molar-refractivity contribution is 14.0. The third-order valence-electron chi connectivity index (χ3n) is 3.96. The molecule has 1 amide bonds. The Kier molecular flexibility index (Phi) is 7.72. The highest BCUT2D eigenvalue weighted by atomic mass is 127. The Balaban J connectivity index is 0.00000220. The molecule has 2 aliphatic rings. The van der Waals surface area contributed by atoms with Gasteiger partial charge in [-0.2, -0.15) is 0 Å². The summed E-state index contributed by atoms with van der Waals surface area (Å²) in [6.07, 6.45) is 5.03. The third kappa shape index (κ3) is 5.28. The third-order valence-corrected chi connectivity index (χ3v) is 3.96. The number of piperidine rings is 1. The smallest absolute Gasteiger partial charge is 0.251 e. The van der Waals surface area contributed by atoms with E-state index in [0.717, 1.165) is 25.9 Å². The van der Waals surface area contributed by atoms with E-state index in [9.17, 15) is 4.79 Å². The minimum absolute atomic E-state index is 0. The monoisotopic (exact) mass is 410 g/mol. The number of guanidine groups is 1. The standard InChI is InChI=1S/C14H26N4O2.HI/c1-17(2)13(19)12-7-6-11(20-12)10-16-14(15)18-8-4-3-5-9-18;/h11-12H,3-10H2,1-2H3,(H2,15,16);1H. The van der Waals surface area contributed by atoms with Crippen molar-refractivity contribution in [3.05, 3.63) is 0 Å². The van der Waals surface area contributed by atoms with E-state index >= 15 is 0 Å². The van der Waals surface area contributed by atoms with Gasteiger partial charge in [0.25, 0.3) is 5.91 Å². The Bertz CT molecular complexity index is 370. The molecule has 0 aromatic carbocycles. The summed E-state index contributed by atoms with van der Waals surface area (Å²) in [5.74, 6) is 0.663. The zero-order valence-electron chi connectivity index (χ0n) is 13.0. The number of hydrogen-bond acceptors (Lipinski definition) is 3. The van der Waals surface area contributed by atoms with Gasteiger partial charge in [0.15, 0.2) is 5.96 Å². The van der Waals surface area contributed by atoms with Crippen LogP contribution in [0.3, 0.4) is 0 Å². The second-order valence-corrected chi connectivity index (χ2v) is 5.80. The Morgan fingerprint density at radius 1 is 1.29 bits per heavy atom. The van der Waals surface area contributed by atoms with Crippen LogP contribution >= 0.6 is 24.0 Å². The molecule has 2 unspecified atom stereocenters. The van der Waals surface area contributed by atoms with Gasteiger partial charge in [0.2, 0.25) is 0 Å². The van der Waals surface area contributed by atoms with Crippen molar-refractivity contribution in [2.45, 2.75) is 44.3 Å². The highest BCUT2D eigenvalue weighted by Crippen LogP contribution is 2.21. The quantitative estimate of drug-likeness (QED) is 0.429. The van der Waals surface area contributed by atoms with Crippen LogP contribution in [0.1, 0.15) is 32.1 Å². The van der Waals surface area contributed by atoms with E-state index in [0.29, 0.717) is 12.5 Å². The summed E-state index contributed by atoms with van der Waals surface area (Å²) in [6.45, 7) is 2.56. The number of aliphatic imine (C=N–C) groups is 1. The maximum absolute atomic E-state index is 11.8. The van der Waals surface area contributed by atoms with Gasteiger partial charge >= 0.3 is 0 Å². The SMILES string of the molecule is CN(C)C(=O)C1CCC(CN=C(N)N2CCCCC2)O1.I. The Labute approximate surface area is 144 Å². The van der Waals surface area contributed by atoms with E-state index in [1.807, 2.05) is 0 Å². The lowest BCUT2D eigenvalue weighted by atomic mass is 10.1. The lowest BCUT2D eigenvalue weighted by Crippen LogP contribution is -2.41. The Morgan fingerprint density at radius 3 is 2.57 bits per heavy atom. The van der Waals surface area contributed by atoms with Crippen molar-refractivity contribution < 1.29 is 9.53 Å². The van der Waals surface area contributed by atoms with Crippen molar-refractivity contribution in [3.63, 3.8) is 0 Å². The van der Waals surface area contributed by atoms with Crippen molar-refractivity contribution in [1.29, 1.82) is 0 Å². The van der Waals surface area contributed by atoms with Crippen molar-refractivity contribution in [2.75, 3.05) is 33.7 Å². The second kappa shape index (κ2) is 8.77. The summed E-state index contributed by atoms with van der Waals surface area (Å²) in [6, 6.07) is 0. The molecule has 2 saturated heterocycles. The van der Waals surface area contributed by atoms with Crippen LogP contribution in [0.15, 0.2) is 4.99 Å². The van der Waals surface area contributed by atoms with Crippen molar-refractivity contribution >= 4 is 35.8 Å². The average molecular weight is 410 g/mol. The van der Waals surface area contributed by atoms with Gasteiger partial charge in [-0.15, -0.1) is 24.0 Å². The molecule has 2 heterocycles. The normalized spacial score (nSPS) is 26.4. The fourth-order valence-corrected chi connectivity index (χ4v) is 2.73. The maximum Gasteiger partial charge on any atom is 0.251 e. The number of carbonyl (C=O) groups excluding carboxylic acids is 1. The number of hydrogen-bond donors (Lipinski definition) is 1. The number of likely N-dealkylation sites (N-methyl/N-ethyl adjacent to an activating group) is 1. The van der Waals surface area contributed by atoms with Crippen LogP contribution in [0, 0.1) is 0 Å². The van der Waals surface area contributed by atoms with E-state index < -0.39 is 0 Å². The number of likely N-dealkylation sites (tertiary alicyclic amines) is 1. The molecule has 7 heteroatoms. The van der Waals surface area contributed by atoms with Crippen molar-refractivity contribution in [1.82, 2.24) is 9.80 Å². The first-order valence-electron chi connectivity index (χ1n) is 7.49. The first-order chi connectivity index (χ1) is 9.58. The van der Waals surface area contributed by atoms with E-state index in [2.05, 4.69) is 9.89 Å². The molecule has 2 atom stereocenters. The Hall–Kier alpha value is -0.570. The zero-order chi connectivity index (χ0) is 14.5. The largest absolute Gasteiger partial charge is 0.370 e. The summed E-state index contributed by atoms with van der Waals surface area (Å²) in [5, 5.41) is 0. The molecule has 0 radical (unpaired) electrons. The van der Waals surface area contributed by atoms with Crippen LogP contribution < -0.4 is 5.73 Å². The van der Waals surface area contributed by atoms with Crippen LogP contribution in [0.5, 0.6) is 0 Å². The molecular weight excluding hydrogens is 383 g/mol. The molecule has 2 rings (SSSR count). The molecule has 0 aliphatic carbocycles. The van der Waals surface area contributed by atoms with Gasteiger partial charge in [0.05, 0.1) is 12.6 Å². The topological polar surface area (TPSA) is 71.2 Å². The first kappa shape index (κ1) is 18.5. The van der Waals surface area contributed by atoms with Crippen LogP contribution in [0.25, 0.3) is 0 Å². The molecule has 0 spiro atoms. The molecule has 0 aromatic rings. The van der Waals surface area contributed by atoms with Gasteiger partial charge in [0.1, 0.15) is 6.10 Å². The molecule has 2 N–H and O–H groups in total. The summed E-state index contributed by atoms with van der Waals surface area (Å²) < 4.78 is 5.75. The molecule has 0 aromatic heterocycles.